The molecule has 2 aromatic carbocycles. The van der Waals surface area contributed by atoms with Crippen LogP contribution in [0, 0.1) is 0 Å². The molecular weight excluding hydrogens is 512 g/mol. The molecule has 8 nitrogen and oxygen atoms in total. The van der Waals surface area contributed by atoms with Crippen LogP contribution in [0.1, 0.15) is 50.7 Å². The van der Waals surface area contributed by atoms with Gasteiger partial charge in [0.05, 0.1) is 0 Å². The molecule has 2 amide bonds. The van der Waals surface area contributed by atoms with Gasteiger partial charge in [0, 0.05) is 17.7 Å². The molecule has 0 spiro atoms. The van der Waals surface area contributed by atoms with Gasteiger partial charge in [0.25, 0.3) is 0 Å². The minimum Gasteiger partial charge on any atom is -0.480 e. The lowest BCUT2D eigenvalue weighted by Gasteiger charge is -2.22. The van der Waals surface area contributed by atoms with Crippen LogP contribution in [-0.2, 0) is 14.3 Å². The topological polar surface area (TPSA) is 114 Å². The number of alkyl carbamates (subject to hydrolysis) is 2. The highest BCUT2D eigenvalue weighted by Crippen LogP contribution is 2.44. The molecule has 37 heavy (non-hydrogen) atoms. The number of benzene rings is 2. The summed E-state index contributed by atoms with van der Waals surface area (Å²) in [7, 11) is 3.06. The summed E-state index contributed by atoms with van der Waals surface area (Å²) in [6.45, 7) is 5.78. The zero-order valence-corrected chi connectivity index (χ0v) is 23.1. The first kappa shape index (κ1) is 28.7. The Morgan fingerprint density at radius 2 is 1.57 bits per heavy atom. The zero-order chi connectivity index (χ0) is 27.0. The van der Waals surface area contributed by atoms with E-state index in [-0.39, 0.29) is 24.2 Å². The Labute approximate surface area is 225 Å². The van der Waals surface area contributed by atoms with E-state index < -0.39 is 29.8 Å². The number of carbonyl (C=O) groups excluding carboxylic acids is 2. The number of amides is 2. The van der Waals surface area contributed by atoms with E-state index in [1.165, 1.54) is 21.6 Å². The number of carboxylic acids is 1. The third-order valence-electron chi connectivity index (χ3n) is 5.82. The Morgan fingerprint density at radius 1 is 0.973 bits per heavy atom. The van der Waals surface area contributed by atoms with Crippen LogP contribution in [0.5, 0.6) is 0 Å². The number of nitrogens with one attached hydrogen (secondary N) is 2. The third-order valence-corrected chi connectivity index (χ3v) is 8.08. The molecule has 3 rings (SSSR count). The fourth-order valence-corrected chi connectivity index (χ4v) is 6.19. The number of fused-ring (bicyclic) bond motifs is 3. The predicted octanol–water partition coefficient (Wildman–Crippen LogP) is 5.66. The second kappa shape index (κ2) is 13.1. The number of rotatable bonds is 11. The summed E-state index contributed by atoms with van der Waals surface area (Å²) in [4.78, 5) is 36.4. The lowest BCUT2D eigenvalue weighted by molar-refractivity contribution is -0.139. The Morgan fingerprint density at radius 3 is 2.11 bits per heavy atom. The van der Waals surface area contributed by atoms with E-state index in [1.54, 1.807) is 20.8 Å². The maximum absolute atomic E-state index is 12.6. The minimum absolute atomic E-state index is 0.0614. The normalized spacial score (nSPS) is 14.2. The van der Waals surface area contributed by atoms with Crippen molar-refractivity contribution in [3.63, 3.8) is 0 Å². The van der Waals surface area contributed by atoms with Crippen LogP contribution in [-0.4, -0.2) is 59.6 Å². The monoisotopic (exact) mass is 546 g/mol. The number of carboxylic acid groups (broad SMARTS) is 1. The number of hydrogen-bond acceptors (Lipinski definition) is 7. The van der Waals surface area contributed by atoms with E-state index in [1.807, 2.05) is 42.7 Å². The average molecular weight is 547 g/mol. The smallest absolute Gasteiger partial charge is 0.407 e. The van der Waals surface area contributed by atoms with Gasteiger partial charge in [-0.2, -0.15) is 0 Å². The SMILES string of the molecule is CSS[C@@H](CCC(NC(=O)OCC1c2ccccc2-c2ccccc21)C(=O)O)CNC(=O)OC(C)(C)C. The fourth-order valence-electron chi connectivity index (χ4n) is 4.22. The fraction of sp³-hybridized carbons (Fsp3) is 0.444. The van der Waals surface area contributed by atoms with Crippen LogP contribution in [0.3, 0.4) is 0 Å². The third kappa shape index (κ3) is 8.33. The Bertz CT molecular complexity index is 1060. The molecule has 0 saturated heterocycles. The molecule has 0 heterocycles. The van der Waals surface area contributed by atoms with Gasteiger partial charge in [-0.25, -0.2) is 14.4 Å². The molecule has 2 aromatic rings. The molecule has 10 heteroatoms. The molecule has 2 atom stereocenters. The van der Waals surface area contributed by atoms with Crippen LogP contribution in [0.25, 0.3) is 11.1 Å². The van der Waals surface area contributed by atoms with Gasteiger partial charge < -0.3 is 25.2 Å². The van der Waals surface area contributed by atoms with Crippen molar-refractivity contribution >= 4 is 39.7 Å². The molecule has 0 aliphatic heterocycles. The summed E-state index contributed by atoms with van der Waals surface area (Å²) in [5.74, 6) is -1.25. The second-order valence-electron chi connectivity index (χ2n) is 9.71. The lowest BCUT2D eigenvalue weighted by Crippen LogP contribution is -2.42. The van der Waals surface area contributed by atoms with Gasteiger partial charge in [0.2, 0.25) is 0 Å². The highest BCUT2D eigenvalue weighted by molar-refractivity contribution is 8.76. The summed E-state index contributed by atoms with van der Waals surface area (Å²) in [5.41, 5.74) is 3.80. The largest absolute Gasteiger partial charge is 0.480 e. The van der Waals surface area contributed by atoms with Crippen molar-refractivity contribution in [3.05, 3.63) is 59.7 Å². The summed E-state index contributed by atoms with van der Waals surface area (Å²) in [6, 6.07) is 14.9. The molecule has 200 valence electrons. The van der Waals surface area contributed by atoms with Gasteiger partial charge in [-0.15, -0.1) is 0 Å². The van der Waals surface area contributed by atoms with E-state index in [0.29, 0.717) is 13.0 Å². The van der Waals surface area contributed by atoms with Crippen LogP contribution in [0.4, 0.5) is 9.59 Å². The van der Waals surface area contributed by atoms with E-state index in [0.717, 1.165) is 22.3 Å². The van der Waals surface area contributed by atoms with E-state index in [2.05, 4.69) is 22.8 Å². The first-order valence-electron chi connectivity index (χ1n) is 12.1. The molecular formula is C27H34N2O6S2. The van der Waals surface area contributed by atoms with Crippen molar-refractivity contribution in [2.75, 3.05) is 19.4 Å². The number of ether oxygens (including phenoxy) is 2. The molecule has 0 fully saturated rings. The van der Waals surface area contributed by atoms with Gasteiger partial charge in [-0.1, -0.05) is 70.1 Å². The first-order valence-corrected chi connectivity index (χ1v) is 14.7. The van der Waals surface area contributed by atoms with Crippen molar-refractivity contribution in [1.29, 1.82) is 0 Å². The molecule has 1 aliphatic rings. The summed E-state index contributed by atoms with van der Waals surface area (Å²) in [5, 5.41) is 14.8. The van der Waals surface area contributed by atoms with Crippen LogP contribution in [0.15, 0.2) is 48.5 Å². The highest BCUT2D eigenvalue weighted by atomic mass is 33.1. The Hall–Kier alpha value is -2.85. The maximum atomic E-state index is 12.6. The van der Waals surface area contributed by atoms with Crippen molar-refractivity contribution < 1.29 is 29.0 Å². The highest BCUT2D eigenvalue weighted by Gasteiger charge is 2.30. The number of aliphatic carboxylic acids is 1. The predicted molar refractivity (Wildman–Crippen MR) is 148 cm³/mol. The van der Waals surface area contributed by atoms with Crippen molar-refractivity contribution in [3.8, 4) is 11.1 Å². The molecule has 0 bridgehead atoms. The first-order chi connectivity index (χ1) is 17.6. The van der Waals surface area contributed by atoms with Gasteiger partial charge in [0.1, 0.15) is 18.2 Å². The average Bonchev–Trinajstić information content (AvgIpc) is 3.16. The van der Waals surface area contributed by atoms with Gasteiger partial charge >= 0.3 is 18.2 Å². The number of carbonyl (C=O) groups is 3. The maximum Gasteiger partial charge on any atom is 0.407 e. The summed E-state index contributed by atoms with van der Waals surface area (Å²) < 4.78 is 10.8. The molecule has 1 unspecified atom stereocenters. The van der Waals surface area contributed by atoms with Crippen LogP contribution < -0.4 is 10.6 Å². The lowest BCUT2D eigenvalue weighted by atomic mass is 9.98. The molecule has 0 radical (unpaired) electrons. The van der Waals surface area contributed by atoms with Gasteiger partial charge in [-0.05, 0) is 62.1 Å². The molecule has 3 N–H and O–H groups in total. The Balaban J connectivity index is 1.53. The molecule has 1 aliphatic carbocycles. The van der Waals surface area contributed by atoms with Crippen molar-refractivity contribution in [2.24, 2.45) is 0 Å². The van der Waals surface area contributed by atoms with E-state index in [9.17, 15) is 19.5 Å². The molecule has 0 aromatic heterocycles. The second-order valence-corrected chi connectivity index (χ2v) is 12.5. The van der Waals surface area contributed by atoms with Crippen molar-refractivity contribution in [2.45, 2.75) is 56.4 Å². The van der Waals surface area contributed by atoms with Gasteiger partial charge in [-0.3, -0.25) is 0 Å². The number of hydrogen-bond donors (Lipinski definition) is 3. The van der Waals surface area contributed by atoms with Crippen LogP contribution in [0.2, 0.25) is 0 Å². The molecule has 0 saturated carbocycles. The zero-order valence-electron chi connectivity index (χ0n) is 21.5. The quantitative estimate of drug-likeness (QED) is 0.309. The summed E-state index contributed by atoms with van der Waals surface area (Å²) >= 11 is 0. The van der Waals surface area contributed by atoms with Crippen molar-refractivity contribution in [1.82, 2.24) is 10.6 Å². The van der Waals surface area contributed by atoms with E-state index >= 15 is 0 Å². The standard InChI is InChI=1S/C27H34N2O6S2/c1-27(2,3)35-25(32)28-15-17(37-36-4)13-14-23(24(30)31)29-26(33)34-16-22-20-11-7-5-9-18(20)19-10-6-8-12-21(19)22/h5-12,17,22-23H,13-16H2,1-4H3,(H,28,32)(H,29,33)(H,30,31)/t17-,23?/m0/s1. The van der Waals surface area contributed by atoms with Crippen LogP contribution >= 0.6 is 21.6 Å². The van der Waals surface area contributed by atoms with E-state index in [4.69, 9.17) is 9.47 Å². The van der Waals surface area contributed by atoms with Gasteiger partial charge in [0.15, 0.2) is 0 Å². The minimum atomic E-state index is -1.14. The Kier molecular flexibility index (Phi) is 10.2. The summed E-state index contributed by atoms with van der Waals surface area (Å²) in [6.07, 6.45) is 1.27.